The molecule has 3 nitrogen and oxygen atoms in total. The van der Waals surface area contributed by atoms with Gasteiger partial charge in [0.2, 0.25) is 0 Å². The van der Waals surface area contributed by atoms with Crippen LogP contribution in [0.4, 0.5) is 0 Å². The van der Waals surface area contributed by atoms with Crippen molar-refractivity contribution in [3.63, 3.8) is 0 Å². The number of carbonyl (C=O) groups is 1. The molecule has 1 atom stereocenters. The van der Waals surface area contributed by atoms with Gasteiger partial charge >= 0.3 is 5.97 Å². The Morgan fingerprint density at radius 3 is 2.47 bits per heavy atom. The van der Waals surface area contributed by atoms with Crippen molar-refractivity contribution in [3.05, 3.63) is 100.0 Å². The van der Waals surface area contributed by atoms with E-state index in [9.17, 15) is 9.90 Å². The summed E-state index contributed by atoms with van der Waals surface area (Å²) >= 11 is 1.41. The molecule has 1 aliphatic heterocycles. The highest BCUT2D eigenvalue weighted by Crippen LogP contribution is 2.42. The monoisotopic (exact) mass is 497 g/mol. The number of carboxylic acid groups (broad SMARTS) is 1. The molecule has 2 aliphatic rings. The lowest BCUT2D eigenvalue weighted by Crippen LogP contribution is -2.33. The molecule has 1 aliphatic carbocycles. The number of aromatic carboxylic acids is 1. The number of hydrogen-bond acceptors (Lipinski definition) is 3. The Balaban J connectivity index is 1.45. The molecule has 2 aromatic carbocycles. The molecule has 4 heteroatoms. The summed E-state index contributed by atoms with van der Waals surface area (Å²) in [5.41, 5.74) is 7.50. The SMILES string of the molecule is CC1CC=C(C2=C(c3cc(-c4ccccc4)sc3C(=O)O)CCN(CCCc3ccccc3)C2)CC1. The van der Waals surface area contributed by atoms with E-state index in [2.05, 4.69) is 66.4 Å². The highest BCUT2D eigenvalue weighted by Gasteiger charge is 2.28. The Morgan fingerprint density at radius 1 is 1.03 bits per heavy atom. The summed E-state index contributed by atoms with van der Waals surface area (Å²) in [7, 11) is 0. The van der Waals surface area contributed by atoms with Gasteiger partial charge in [0.25, 0.3) is 0 Å². The van der Waals surface area contributed by atoms with Crippen molar-refractivity contribution in [2.24, 2.45) is 5.92 Å². The first-order valence-corrected chi connectivity index (χ1v) is 14.0. The topological polar surface area (TPSA) is 40.5 Å². The molecule has 0 fully saturated rings. The molecule has 5 rings (SSSR count). The summed E-state index contributed by atoms with van der Waals surface area (Å²) in [6, 6.07) is 23.0. The van der Waals surface area contributed by atoms with Gasteiger partial charge in [-0.3, -0.25) is 4.90 Å². The van der Waals surface area contributed by atoms with Crippen LogP contribution in [0.15, 0.2) is 84.0 Å². The molecule has 2 heterocycles. The Morgan fingerprint density at radius 2 is 1.78 bits per heavy atom. The number of benzene rings is 2. The number of aryl methyl sites for hydroxylation is 1. The molecule has 186 valence electrons. The fraction of sp³-hybridized carbons (Fsp3) is 0.344. The lowest BCUT2D eigenvalue weighted by Gasteiger charge is -2.33. The molecular formula is C32H35NO2S. The van der Waals surface area contributed by atoms with Gasteiger partial charge < -0.3 is 5.11 Å². The van der Waals surface area contributed by atoms with Crippen LogP contribution in [0.2, 0.25) is 0 Å². The molecule has 0 spiro atoms. The molecular weight excluding hydrogens is 462 g/mol. The molecule has 0 bridgehead atoms. The Labute approximate surface area is 218 Å². The van der Waals surface area contributed by atoms with E-state index < -0.39 is 5.97 Å². The largest absolute Gasteiger partial charge is 0.477 e. The molecule has 1 N–H and O–H groups in total. The van der Waals surface area contributed by atoms with Gasteiger partial charge in [0, 0.05) is 23.5 Å². The van der Waals surface area contributed by atoms with Crippen LogP contribution in [-0.4, -0.2) is 35.6 Å². The first-order chi connectivity index (χ1) is 17.6. The molecule has 0 saturated carbocycles. The Kier molecular flexibility index (Phi) is 7.84. The minimum absolute atomic E-state index is 0.476. The highest BCUT2D eigenvalue weighted by molar-refractivity contribution is 7.17. The average molecular weight is 498 g/mol. The van der Waals surface area contributed by atoms with Crippen LogP contribution < -0.4 is 0 Å². The summed E-state index contributed by atoms with van der Waals surface area (Å²) in [6.07, 6.45) is 8.99. The maximum absolute atomic E-state index is 12.3. The third-order valence-electron chi connectivity index (χ3n) is 7.58. The van der Waals surface area contributed by atoms with Gasteiger partial charge in [-0.2, -0.15) is 0 Å². The van der Waals surface area contributed by atoms with Crippen molar-refractivity contribution in [3.8, 4) is 10.4 Å². The predicted octanol–water partition coefficient (Wildman–Crippen LogP) is 7.95. The molecule has 1 unspecified atom stereocenters. The minimum Gasteiger partial charge on any atom is -0.477 e. The third kappa shape index (κ3) is 5.71. The number of carboxylic acids is 1. The molecule has 3 aromatic rings. The van der Waals surface area contributed by atoms with Gasteiger partial charge in [-0.05, 0) is 84.9 Å². The number of nitrogens with zero attached hydrogens (tertiary/aromatic N) is 1. The molecule has 1 aromatic heterocycles. The van der Waals surface area contributed by atoms with E-state index in [1.54, 1.807) is 0 Å². The predicted molar refractivity (Wildman–Crippen MR) is 151 cm³/mol. The normalized spacial score (nSPS) is 18.8. The lowest BCUT2D eigenvalue weighted by molar-refractivity contribution is 0.0702. The zero-order valence-electron chi connectivity index (χ0n) is 21.1. The van der Waals surface area contributed by atoms with Crippen molar-refractivity contribution in [1.29, 1.82) is 0 Å². The second-order valence-electron chi connectivity index (χ2n) is 10.2. The summed E-state index contributed by atoms with van der Waals surface area (Å²) in [5.74, 6) is -0.0932. The van der Waals surface area contributed by atoms with Gasteiger partial charge in [-0.15, -0.1) is 11.3 Å². The molecule has 0 amide bonds. The van der Waals surface area contributed by atoms with Gasteiger partial charge in [0.15, 0.2) is 0 Å². The third-order valence-corrected chi connectivity index (χ3v) is 8.75. The van der Waals surface area contributed by atoms with Gasteiger partial charge in [-0.1, -0.05) is 73.7 Å². The van der Waals surface area contributed by atoms with Crippen LogP contribution >= 0.6 is 11.3 Å². The maximum atomic E-state index is 12.3. The van der Waals surface area contributed by atoms with E-state index in [4.69, 9.17) is 0 Å². The highest BCUT2D eigenvalue weighted by atomic mass is 32.1. The second-order valence-corrected chi connectivity index (χ2v) is 11.3. The van der Waals surface area contributed by atoms with Crippen molar-refractivity contribution in [2.45, 2.75) is 45.4 Å². The zero-order valence-corrected chi connectivity index (χ0v) is 21.9. The van der Waals surface area contributed by atoms with Crippen LogP contribution in [0, 0.1) is 5.92 Å². The van der Waals surface area contributed by atoms with Crippen LogP contribution in [0.3, 0.4) is 0 Å². The summed E-state index contributed by atoms with van der Waals surface area (Å²) < 4.78 is 0. The lowest BCUT2D eigenvalue weighted by atomic mass is 9.82. The maximum Gasteiger partial charge on any atom is 0.346 e. The van der Waals surface area contributed by atoms with Gasteiger partial charge in [-0.25, -0.2) is 4.79 Å². The van der Waals surface area contributed by atoms with E-state index >= 15 is 0 Å². The number of hydrogen-bond donors (Lipinski definition) is 1. The average Bonchev–Trinajstić information content (AvgIpc) is 3.36. The first-order valence-electron chi connectivity index (χ1n) is 13.2. The van der Waals surface area contributed by atoms with E-state index in [0.29, 0.717) is 4.88 Å². The van der Waals surface area contributed by atoms with Crippen molar-refractivity contribution < 1.29 is 9.90 Å². The van der Waals surface area contributed by atoms with Crippen molar-refractivity contribution in [2.75, 3.05) is 19.6 Å². The Bertz CT molecular complexity index is 1260. The van der Waals surface area contributed by atoms with E-state index in [0.717, 1.165) is 73.7 Å². The fourth-order valence-electron chi connectivity index (χ4n) is 5.51. The quantitative estimate of drug-likeness (QED) is 0.343. The van der Waals surface area contributed by atoms with Crippen molar-refractivity contribution >= 4 is 22.9 Å². The first kappa shape index (κ1) is 24.7. The van der Waals surface area contributed by atoms with Gasteiger partial charge in [0.05, 0.1) is 0 Å². The number of rotatable bonds is 8. The number of thiophene rings is 1. The summed E-state index contributed by atoms with van der Waals surface area (Å²) in [5, 5.41) is 10.1. The van der Waals surface area contributed by atoms with E-state index in [1.165, 1.54) is 40.0 Å². The molecule has 36 heavy (non-hydrogen) atoms. The van der Waals surface area contributed by atoms with Crippen LogP contribution in [0.1, 0.15) is 59.8 Å². The summed E-state index contributed by atoms with van der Waals surface area (Å²) in [4.78, 5) is 16.4. The van der Waals surface area contributed by atoms with Crippen LogP contribution in [0.25, 0.3) is 16.0 Å². The smallest absolute Gasteiger partial charge is 0.346 e. The number of allylic oxidation sites excluding steroid dienone is 1. The van der Waals surface area contributed by atoms with E-state index in [1.807, 2.05) is 18.2 Å². The molecule has 0 radical (unpaired) electrons. The zero-order chi connectivity index (χ0) is 24.9. The summed E-state index contributed by atoms with van der Waals surface area (Å²) in [6.45, 7) is 5.29. The standard InChI is InChI=1S/C32H35NO2S/c1-23-14-16-25(17-15-23)29-22-33(19-8-11-24-9-4-2-5-10-24)20-18-27(29)28-21-30(36-31(28)32(34)35)26-12-6-3-7-13-26/h2-7,9-10,12-13,16,21,23H,8,11,14-15,17-20,22H2,1H3,(H,34,35). The van der Waals surface area contributed by atoms with Crippen molar-refractivity contribution in [1.82, 2.24) is 4.90 Å². The van der Waals surface area contributed by atoms with Crippen LogP contribution in [0.5, 0.6) is 0 Å². The van der Waals surface area contributed by atoms with Gasteiger partial charge in [0.1, 0.15) is 4.88 Å². The van der Waals surface area contributed by atoms with E-state index in [-0.39, 0.29) is 0 Å². The fourth-order valence-corrected chi connectivity index (χ4v) is 6.54. The second kappa shape index (κ2) is 11.4. The Hall–Kier alpha value is -2.95. The minimum atomic E-state index is -0.819. The molecule has 0 saturated heterocycles. The van der Waals surface area contributed by atoms with Crippen LogP contribution in [-0.2, 0) is 6.42 Å².